The molecule has 0 aromatic heterocycles. The van der Waals surface area contributed by atoms with Crippen LogP contribution in [-0.4, -0.2) is 26.2 Å². The molecule has 18 heavy (non-hydrogen) atoms. The van der Waals surface area contributed by atoms with Gasteiger partial charge >= 0.3 is 0 Å². The molecule has 0 saturated carbocycles. The number of hydrogen-bond acceptors (Lipinski definition) is 2. The Hall–Kier alpha value is -0.140. The van der Waals surface area contributed by atoms with Gasteiger partial charge in [0.2, 0.25) is 0 Å². The number of carbonyl (C=O) groups is 1. The van der Waals surface area contributed by atoms with Gasteiger partial charge in [-0.15, -0.1) is 0 Å². The molecule has 0 spiro atoms. The van der Waals surface area contributed by atoms with E-state index in [1.54, 1.807) is 7.11 Å². The third-order valence-corrected chi connectivity index (χ3v) is 3.92. The molecule has 0 aliphatic carbocycles. The van der Waals surface area contributed by atoms with Crippen LogP contribution in [0.1, 0.15) is 29.6 Å². The zero-order valence-electron chi connectivity index (χ0n) is 10.3. The number of rotatable bonds is 7. The molecule has 0 atom stereocenters. The third kappa shape index (κ3) is 5.67. The van der Waals surface area contributed by atoms with Crippen LogP contribution < -0.4 is 5.32 Å². The van der Waals surface area contributed by atoms with Crippen LogP contribution in [-0.2, 0) is 4.74 Å². The molecule has 0 aliphatic heterocycles. The van der Waals surface area contributed by atoms with Crippen molar-refractivity contribution < 1.29 is 9.53 Å². The predicted octanol–water partition coefficient (Wildman–Crippen LogP) is 3.60. The Labute approximate surface area is 130 Å². The number of nitrogens with one attached hydrogen (secondary N) is 1. The maximum Gasteiger partial charge on any atom is 0.252 e. The molecule has 0 aliphatic rings. The third-order valence-electron chi connectivity index (χ3n) is 2.48. The topological polar surface area (TPSA) is 38.3 Å². The quantitative estimate of drug-likeness (QED) is 0.535. The molecular weight excluding hydrogens is 409 g/mol. The smallest absolute Gasteiger partial charge is 0.252 e. The van der Waals surface area contributed by atoms with Crippen molar-refractivity contribution >= 4 is 44.4 Å². The van der Waals surface area contributed by atoms with Crippen molar-refractivity contribution in [3.63, 3.8) is 0 Å². The lowest BCUT2D eigenvalue weighted by molar-refractivity contribution is 0.0951. The zero-order valence-corrected chi connectivity index (χ0v) is 14.1. The predicted molar refractivity (Wildman–Crippen MR) is 84.9 cm³/mol. The molecule has 0 unspecified atom stereocenters. The monoisotopic (exact) mass is 425 g/mol. The molecule has 0 saturated heterocycles. The van der Waals surface area contributed by atoms with E-state index in [0.717, 1.165) is 39.5 Å². The molecule has 0 radical (unpaired) electrons. The van der Waals surface area contributed by atoms with Gasteiger partial charge in [0.15, 0.2) is 0 Å². The summed E-state index contributed by atoms with van der Waals surface area (Å²) < 4.78 is 6.86. The van der Waals surface area contributed by atoms with Crippen LogP contribution in [0.15, 0.2) is 22.7 Å². The molecule has 1 N–H and O–H groups in total. The Morgan fingerprint density at radius 1 is 1.39 bits per heavy atom. The van der Waals surface area contributed by atoms with Crippen molar-refractivity contribution in [1.82, 2.24) is 5.32 Å². The minimum atomic E-state index is -0.00700. The summed E-state index contributed by atoms with van der Waals surface area (Å²) in [5.74, 6) is -0.00700. The number of amides is 1. The maximum absolute atomic E-state index is 11.9. The second-order valence-corrected chi connectivity index (χ2v) is 6.01. The second-order valence-electron chi connectivity index (χ2n) is 3.93. The normalized spacial score (nSPS) is 10.4. The number of unbranched alkanes of at least 4 members (excludes halogenated alkanes) is 2. The summed E-state index contributed by atoms with van der Waals surface area (Å²) in [6, 6.07) is 5.71. The van der Waals surface area contributed by atoms with Crippen LogP contribution in [0.5, 0.6) is 0 Å². The minimum Gasteiger partial charge on any atom is -0.385 e. The van der Waals surface area contributed by atoms with Crippen LogP contribution in [0, 0.1) is 3.57 Å². The summed E-state index contributed by atoms with van der Waals surface area (Å²) in [6.07, 6.45) is 3.10. The van der Waals surface area contributed by atoms with Gasteiger partial charge in [0, 0.05) is 28.3 Å². The van der Waals surface area contributed by atoms with Crippen molar-refractivity contribution in [2.75, 3.05) is 20.3 Å². The first-order chi connectivity index (χ1) is 8.65. The van der Waals surface area contributed by atoms with Crippen molar-refractivity contribution in [3.05, 3.63) is 31.8 Å². The molecule has 1 rings (SSSR count). The highest BCUT2D eigenvalue weighted by molar-refractivity contribution is 14.1. The van der Waals surface area contributed by atoms with Gasteiger partial charge in [-0.05, 0) is 60.1 Å². The number of methoxy groups -OCH3 is 1. The number of hydrogen-bond donors (Lipinski definition) is 1. The van der Waals surface area contributed by atoms with Crippen molar-refractivity contribution in [1.29, 1.82) is 0 Å². The van der Waals surface area contributed by atoms with E-state index in [0.29, 0.717) is 6.54 Å². The SMILES string of the molecule is COCCCCCNC(=O)c1cc(Br)ccc1I. The molecule has 0 fully saturated rings. The molecule has 5 heteroatoms. The van der Waals surface area contributed by atoms with Crippen molar-refractivity contribution in [3.8, 4) is 0 Å². The van der Waals surface area contributed by atoms with E-state index in [1.165, 1.54) is 0 Å². The van der Waals surface area contributed by atoms with E-state index in [4.69, 9.17) is 4.74 Å². The first-order valence-corrected chi connectivity index (χ1v) is 7.74. The molecule has 1 amide bonds. The molecule has 100 valence electrons. The molecule has 1 aromatic carbocycles. The van der Waals surface area contributed by atoms with Gasteiger partial charge in [0.1, 0.15) is 0 Å². The summed E-state index contributed by atoms with van der Waals surface area (Å²) >= 11 is 5.55. The standard InChI is InChI=1S/C13H17BrINO2/c1-18-8-4-2-3-7-16-13(17)11-9-10(14)5-6-12(11)15/h5-6,9H,2-4,7-8H2,1H3,(H,16,17). The fourth-order valence-corrected chi connectivity index (χ4v) is 2.46. The van der Waals surface area contributed by atoms with Gasteiger partial charge in [-0.25, -0.2) is 0 Å². The van der Waals surface area contributed by atoms with Crippen molar-refractivity contribution in [2.45, 2.75) is 19.3 Å². The Kier molecular flexibility index (Phi) is 7.85. The molecule has 0 heterocycles. The highest BCUT2D eigenvalue weighted by Crippen LogP contribution is 2.18. The van der Waals surface area contributed by atoms with Crippen LogP contribution in [0.3, 0.4) is 0 Å². The average Bonchev–Trinajstić information content (AvgIpc) is 2.36. The van der Waals surface area contributed by atoms with E-state index >= 15 is 0 Å². The lowest BCUT2D eigenvalue weighted by atomic mass is 10.2. The molecule has 1 aromatic rings. The molecular formula is C13H17BrINO2. The number of carbonyl (C=O) groups excluding carboxylic acids is 1. The largest absolute Gasteiger partial charge is 0.385 e. The van der Waals surface area contributed by atoms with E-state index in [-0.39, 0.29) is 5.91 Å². The lowest BCUT2D eigenvalue weighted by Gasteiger charge is -2.07. The number of halogens is 2. The summed E-state index contributed by atoms with van der Waals surface area (Å²) in [6.45, 7) is 1.50. The number of ether oxygens (including phenoxy) is 1. The first kappa shape index (κ1) is 15.9. The van der Waals surface area contributed by atoms with Crippen molar-refractivity contribution in [2.24, 2.45) is 0 Å². The second kappa shape index (κ2) is 8.87. The Morgan fingerprint density at radius 3 is 2.89 bits per heavy atom. The Balaban J connectivity index is 2.34. The van der Waals surface area contributed by atoms with Gasteiger partial charge in [-0.2, -0.15) is 0 Å². The first-order valence-electron chi connectivity index (χ1n) is 5.87. The van der Waals surface area contributed by atoms with E-state index < -0.39 is 0 Å². The summed E-state index contributed by atoms with van der Waals surface area (Å²) in [4.78, 5) is 11.9. The fraction of sp³-hybridized carbons (Fsp3) is 0.462. The van der Waals surface area contributed by atoms with E-state index in [9.17, 15) is 4.79 Å². The maximum atomic E-state index is 11.9. The van der Waals surface area contributed by atoms with Gasteiger partial charge < -0.3 is 10.1 Å². The van der Waals surface area contributed by atoms with Crippen LogP contribution in [0.2, 0.25) is 0 Å². The van der Waals surface area contributed by atoms with Gasteiger partial charge in [0.05, 0.1) is 5.56 Å². The minimum absolute atomic E-state index is 0.00700. The molecule has 3 nitrogen and oxygen atoms in total. The zero-order chi connectivity index (χ0) is 13.4. The van der Waals surface area contributed by atoms with Gasteiger partial charge in [0.25, 0.3) is 5.91 Å². The highest BCUT2D eigenvalue weighted by atomic mass is 127. The lowest BCUT2D eigenvalue weighted by Crippen LogP contribution is -2.25. The van der Waals surface area contributed by atoms with E-state index in [1.807, 2.05) is 18.2 Å². The Morgan fingerprint density at radius 2 is 2.17 bits per heavy atom. The van der Waals surface area contributed by atoms with Crippen LogP contribution in [0.25, 0.3) is 0 Å². The van der Waals surface area contributed by atoms with Gasteiger partial charge in [-0.3, -0.25) is 4.79 Å². The fourth-order valence-electron chi connectivity index (χ4n) is 1.52. The highest BCUT2D eigenvalue weighted by Gasteiger charge is 2.09. The Bertz CT molecular complexity index is 399. The summed E-state index contributed by atoms with van der Waals surface area (Å²) in [7, 11) is 1.71. The molecule has 0 bridgehead atoms. The average molecular weight is 426 g/mol. The van der Waals surface area contributed by atoms with E-state index in [2.05, 4.69) is 43.8 Å². The van der Waals surface area contributed by atoms with Crippen LogP contribution >= 0.6 is 38.5 Å². The summed E-state index contributed by atoms with van der Waals surface area (Å²) in [5, 5.41) is 2.94. The van der Waals surface area contributed by atoms with Gasteiger partial charge in [-0.1, -0.05) is 15.9 Å². The van der Waals surface area contributed by atoms with Crippen LogP contribution in [0.4, 0.5) is 0 Å². The summed E-state index contributed by atoms with van der Waals surface area (Å²) in [5.41, 5.74) is 0.724. The number of benzene rings is 1.